The molecule has 0 fully saturated rings. The Labute approximate surface area is 110 Å². The van der Waals surface area contributed by atoms with Crippen molar-refractivity contribution < 1.29 is 9.47 Å². The van der Waals surface area contributed by atoms with Crippen LogP contribution in [0.1, 0.15) is 12.0 Å². The maximum atomic E-state index is 11.9. The topological polar surface area (TPSA) is 77.3 Å². The average molecular weight is 260 g/mol. The Morgan fingerprint density at radius 1 is 1.16 bits per heavy atom. The molecule has 3 rings (SSSR count). The monoisotopic (exact) mass is 260 g/mol. The summed E-state index contributed by atoms with van der Waals surface area (Å²) in [5.74, 6) is 1.42. The molecule has 1 aliphatic rings. The van der Waals surface area contributed by atoms with Gasteiger partial charge in [-0.05, 0) is 31.5 Å². The van der Waals surface area contributed by atoms with Gasteiger partial charge in [-0.3, -0.25) is 4.79 Å². The van der Waals surface area contributed by atoms with Gasteiger partial charge in [-0.1, -0.05) is 0 Å². The first-order chi connectivity index (χ1) is 9.28. The summed E-state index contributed by atoms with van der Waals surface area (Å²) >= 11 is 0. The minimum Gasteiger partial charge on any atom is -0.486 e. The molecule has 0 spiro atoms. The molecule has 0 aliphatic carbocycles. The molecule has 100 valence electrons. The number of H-pyrrole nitrogens is 1. The van der Waals surface area contributed by atoms with Gasteiger partial charge in [0.2, 0.25) is 0 Å². The van der Waals surface area contributed by atoms with Gasteiger partial charge in [0.25, 0.3) is 5.56 Å². The van der Waals surface area contributed by atoms with Gasteiger partial charge >= 0.3 is 0 Å². The highest BCUT2D eigenvalue weighted by Crippen LogP contribution is 2.33. The molecule has 0 amide bonds. The molecule has 0 unspecified atom stereocenters. The zero-order chi connectivity index (χ0) is 13.2. The number of aromatic amines is 1. The minimum atomic E-state index is -0.0578. The van der Waals surface area contributed by atoms with Crippen LogP contribution in [0.5, 0.6) is 11.5 Å². The van der Waals surface area contributed by atoms with Crippen LogP contribution in [-0.2, 0) is 6.42 Å². The number of pyridine rings is 1. The molecule has 0 saturated carbocycles. The molecule has 1 aromatic carbocycles. The largest absolute Gasteiger partial charge is 0.486 e. The van der Waals surface area contributed by atoms with E-state index in [1.54, 1.807) is 0 Å². The summed E-state index contributed by atoms with van der Waals surface area (Å²) in [6, 6.07) is 5.63. The Morgan fingerprint density at radius 3 is 2.63 bits per heavy atom. The predicted octanol–water partition coefficient (Wildman–Crippen LogP) is 1.19. The lowest BCUT2D eigenvalue weighted by Crippen LogP contribution is -2.17. The number of aryl methyl sites for hydroxylation is 1. The van der Waals surface area contributed by atoms with Gasteiger partial charge in [-0.2, -0.15) is 0 Å². The van der Waals surface area contributed by atoms with Crippen molar-refractivity contribution in [3.63, 3.8) is 0 Å². The summed E-state index contributed by atoms with van der Waals surface area (Å²) in [6.07, 6.45) is 1.50. The maximum Gasteiger partial charge on any atom is 0.251 e. The number of nitrogens with one attached hydrogen (secondary N) is 1. The highest BCUT2D eigenvalue weighted by molar-refractivity contribution is 5.83. The van der Waals surface area contributed by atoms with E-state index >= 15 is 0 Å². The molecular weight excluding hydrogens is 244 g/mol. The van der Waals surface area contributed by atoms with E-state index in [1.807, 2.05) is 18.2 Å². The average Bonchev–Trinajstić information content (AvgIpc) is 2.43. The fourth-order valence-electron chi connectivity index (χ4n) is 2.27. The van der Waals surface area contributed by atoms with Crippen LogP contribution in [0.4, 0.5) is 0 Å². The van der Waals surface area contributed by atoms with Crippen LogP contribution in [-0.4, -0.2) is 24.7 Å². The Balaban J connectivity index is 2.09. The van der Waals surface area contributed by atoms with E-state index in [0.717, 1.165) is 28.6 Å². The lowest BCUT2D eigenvalue weighted by molar-refractivity contribution is 0.172. The predicted molar refractivity (Wildman–Crippen MR) is 72.9 cm³/mol. The molecule has 1 aromatic heterocycles. The first-order valence-electron chi connectivity index (χ1n) is 6.43. The Kier molecular flexibility index (Phi) is 3.13. The summed E-state index contributed by atoms with van der Waals surface area (Å²) in [5.41, 5.74) is 6.95. The number of nitrogens with two attached hydrogens (primary N) is 1. The summed E-state index contributed by atoms with van der Waals surface area (Å²) < 4.78 is 11.0. The van der Waals surface area contributed by atoms with Gasteiger partial charge < -0.3 is 20.2 Å². The first-order valence-corrected chi connectivity index (χ1v) is 6.43. The van der Waals surface area contributed by atoms with Crippen molar-refractivity contribution in [2.24, 2.45) is 5.73 Å². The molecule has 5 nitrogen and oxygen atoms in total. The second kappa shape index (κ2) is 4.93. The number of benzene rings is 1. The Bertz CT molecular complexity index is 664. The van der Waals surface area contributed by atoms with E-state index in [-0.39, 0.29) is 5.56 Å². The zero-order valence-electron chi connectivity index (χ0n) is 10.6. The SMILES string of the molecule is NCCCc1cc2cc3c(cc2[nH]c1=O)OCCO3. The standard InChI is InChI=1S/C14H16N2O3/c15-3-1-2-9-6-10-7-12-13(19-5-4-18-12)8-11(10)16-14(9)17/h6-8H,1-5,15H2,(H,16,17). The molecular formula is C14H16N2O3. The van der Waals surface area contributed by atoms with Gasteiger partial charge in [0.05, 0.1) is 5.52 Å². The van der Waals surface area contributed by atoms with Crippen molar-refractivity contribution in [2.75, 3.05) is 19.8 Å². The van der Waals surface area contributed by atoms with E-state index in [2.05, 4.69) is 4.98 Å². The lowest BCUT2D eigenvalue weighted by atomic mass is 10.1. The van der Waals surface area contributed by atoms with E-state index in [1.165, 1.54) is 0 Å². The molecule has 5 heteroatoms. The van der Waals surface area contributed by atoms with Crippen LogP contribution in [0.25, 0.3) is 10.9 Å². The molecule has 0 bridgehead atoms. The lowest BCUT2D eigenvalue weighted by Gasteiger charge is -2.18. The second-order valence-electron chi connectivity index (χ2n) is 4.60. The van der Waals surface area contributed by atoms with Gasteiger partial charge in [-0.25, -0.2) is 0 Å². The molecule has 0 saturated heterocycles. The summed E-state index contributed by atoms with van der Waals surface area (Å²) in [5, 5.41) is 0.955. The van der Waals surface area contributed by atoms with Crippen LogP contribution in [0.2, 0.25) is 0 Å². The molecule has 19 heavy (non-hydrogen) atoms. The van der Waals surface area contributed by atoms with E-state index in [9.17, 15) is 4.79 Å². The third kappa shape index (κ3) is 2.29. The normalized spacial score (nSPS) is 13.7. The van der Waals surface area contributed by atoms with Gasteiger partial charge in [-0.15, -0.1) is 0 Å². The second-order valence-corrected chi connectivity index (χ2v) is 4.60. The van der Waals surface area contributed by atoms with Gasteiger partial charge in [0.1, 0.15) is 13.2 Å². The van der Waals surface area contributed by atoms with Crippen molar-refractivity contribution >= 4 is 10.9 Å². The maximum absolute atomic E-state index is 11.9. The number of fused-ring (bicyclic) bond motifs is 2. The smallest absolute Gasteiger partial charge is 0.251 e. The van der Waals surface area contributed by atoms with E-state index < -0.39 is 0 Å². The minimum absolute atomic E-state index is 0.0578. The van der Waals surface area contributed by atoms with Crippen molar-refractivity contribution in [2.45, 2.75) is 12.8 Å². The van der Waals surface area contributed by atoms with Crippen LogP contribution in [0.15, 0.2) is 23.0 Å². The molecule has 0 radical (unpaired) electrons. The van der Waals surface area contributed by atoms with Gasteiger partial charge in [0.15, 0.2) is 11.5 Å². The highest BCUT2D eigenvalue weighted by Gasteiger charge is 2.13. The van der Waals surface area contributed by atoms with Crippen molar-refractivity contribution in [3.05, 3.63) is 34.1 Å². The Morgan fingerprint density at radius 2 is 1.89 bits per heavy atom. The van der Waals surface area contributed by atoms with Gasteiger partial charge in [0, 0.05) is 17.0 Å². The number of ether oxygens (including phenoxy) is 2. The molecule has 2 heterocycles. The van der Waals surface area contributed by atoms with Crippen molar-refractivity contribution in [3.8, 4) is 11.5 Å². The van der Waals surface area contributed by atoms with Crippen LogP contribution in [0.3, 0.4) is 0 Å². The number of hydrogen-bond acceptors (Lipinski definition) is 4. The van der Waals surface area contributed by atoms with E-state index in [4.69, 9.17) is 15.2 Å². The fourth-order valence-corrected chi connectivity index (χ4v) is 2.27. The Hall–Kier alpha value is -2.01. The van der Waals surface area contributed by atoms with Crippen molar-refractivity contribution in [1.82, 2.24) is 4.98 Å². The fraction of sp³-hybridized carbons (Fsp3) is 0.357. The van der Waals surface area contributed by atoms with Crippen LogP contribution < -0.4 is 20.8 Å². The summed E-state index contributed by atoms with van der Waals surface area (Å²) in [4.78, 5) is 14.8. The molecule has 3 N–H and O–H groups in total. The van der Waals surface area contributed by atoms with Crippen LogP contribution >= 0.6 is 0 Å². The summed E-state index contributed by atoms with van der Waals surface area (Å²) in [6.45, 7) is 1.68. The van der Waals surface area contributed by atoms with Crippen LogP contribution in [0, 0.1) is 0 Å². The number of aromatic nitrogens is 1. The molecule has 2 aromatic rings. The van der Waals surface area contributed by atoms with E-state index in [0.29, 0.717) is 31.9 Å². The third-order valence-electron chi connectivity index (χ3n) is 3.23. The quantitative estimate of drug-likeness (QED) is 0.869. The highest BCUT2D eigenvalue weighted by atomic mass is 16.6. The molecule has 1 aliphatic heterocycles. The number of rotatable bonds is 3. The number of hydrogen-bond donors (Lipinski definition) is 2. The zero-order valence-corrected chi connectivity index (χ0v) is 10.6. The third-order valence-corrected chi connectivity index (χ3v) is 3.23. The first kappa shape index (κ1) is 12.0. The van der Waals surface area contributed by atoms with Crippen molar-refractivity contribution in [1.29, 1.82) is 0 Å². The molecule has 0 atom stereocenters. The summed E-state index contributed by atoms with van der Waals surface area (Å²) in [7, 11) is 0.